The summed E-state index contributed by atoms with van der Waals surface area (Å²) < 4.78 is 26.3. The first kappa shape index (κ1) is 12.4. The predicted octanol–water partition coefficient (Wildman–Crippen LogP) is 0.516. The maximum absolute atomic E-state index is 12.0. The highest BCUT2D eigenvalue weighted by Crippen LogP contribution is 2.18. The summed E-state index contributed by atoms with van der Waals surface area (Å²) in [4.78, 5) is 13.2. The molecule has 7 nitrogen and oxygen atoms in total. The van der Waals surface area contributed by atoms with Gasteiger partial charge in [0.15, 0.2) is 5.82 Å². The molecule has 8 heteroatoms. The number of pyridine rings is 1. The van der Waals surface area contributed by atoms with E-state index in [0.29, 0.717) is 0 Å². The summed E-state index contributed by atoms with van der Waals surface area (Å²) in [6.45, 7) is 3.55. The Bertz CT molecular complexity index is 709. The second kappa shape index (κ2) is 4.30. The SMILES string of the molecule is Cc1[nH]nc(NS(=O)(=O)c2ccc(=O)[nH]c2)c1C. The van der Waals surface area contributed by atoms with Gasteiger partial charge in [-0.25, -0.2) is 8.42 Å². The van der Waals surface area contributed by atoms with E-state index in [9.17, 15) is 13.2 Å². The average molecular weight is 268 g/mol. The zero-order valence-electron chi connectivity index (χ0n) is 9.81. The van der Waals surface area contributed by atoms with Gasteiger partial charge >= 0.3 is 0 Å². The van der Waals surface area contributed by atoms with Crippen molar-refractivity contribution in [2.75, 3.05) is 4.72 Å². The molecular formula is C10H12N4O3S. The van der Waals surface area contributed by atoms with Gasteiger partial charge in [0.25, 0.3) is 10.0 Å². The number of aromatic nitrogens is 3. The van der Waals surface area contributed by atoms with E-state index < -0.39 is 10.0 Å². The Labute approximate surface area is 103 Å². The van der Waals surface area contributed by atoms with E-state index in [-0.39, 0.29) is 16.3 Å². The molecule has 0 radical (unpaired) electrons. The molecule has 2 aromatic rings. The minimum atomic E-state index is -3.74. The molecule has 0 atom stereocenters. The molecule has 0 spiro atoms. The highest BCUT2D eigenvalue weighted by atomic mass is 32.2. The molecule has 0 aromatic carbocycles. The minimum absolute atomic E-state index is 0.0258. The Kier molecular flexibility index (Phi) is 2.95. The third kappa shape index (κ3) is 2.28. The molecule has 0 unspecified atom stereocenters. The fourth-order valence-electron chi connectivity index (χ4n) is 1.33. The quantitative estimate of drug-likeness (QED) is 0.754. The van der Waals surface area contributed by atoms with E-state index in [0.717, 1.165) is 23.5 Å². The zero-order valence-corrected chi connectivity index (χ0v) is 10.6. The van der Waals surface area contributed by atoms with Gasteiger partial charge in [-0.15, -0.1) is 0 Å². The molecule has 0 aliphatic carbocycles. The summed E-state index contributed by atoms with van der Waals surface area (Å²) in [5.41, 5.74) is 1.15. The maximum Gasteiger partial charge on any atom is 0.264 e. The Balaban J connectivity index is 2.36. The van der Waals surface area contributed by atoms with Crippen LogP contribution in [0.2, 0.25) is 0 Å². The van der Waals surface area contributed by atoms with Crippen molar-refractivity contribution in [2.45, 2.75) is 18.7 Å². The second-order valence-corrected chi connectivity index (χ2v) is 5.50. The number of anilines is 1. The van der Waals surface area contributed by atoms with Crippen LogP contribution in [-0.2, 0) is 10.0 Å². The monoisotopic (exact) mass is 268 g/mol. The van der Waals surface area contributed by atoms with Gasteiger partial charge < -0.3 is 4.98 Å². The zero-order chi connectivity index (χ0) is 13.3. The van der Waals surface area contributed by atoms with E-state index in [2.05, 4.69) is 19.9 Å². The number of sulfonamides is 1. The first-order chi connectivity index (χ1) is 8.40. The minimum Gasteiger partial charge on any atom is -0.328 e. The number of aryl methyl sites for hydroxylation is 1. The van der Waals surface area contributed by atoms with Gasteiger partial charge in [0.1, 0.15) is 4.90 Å². The van der Waals surface area contributed by atoms with Gasteiger partial charge in [0, 0.05) is 23.5 Å². The fourth-order valence-corrected chi connectivity index (χ4v) is 2.37. The smallest absolute Gasteiger partial charge is 0.264 e. The van der Waals surface area contributed by atoms with Crippen LogP contribution >= 0.6 is 0 Å². The summed E-state index contributed by atoms with van der Waals surface area (Å²) in [5.74, 6) is 0.249. The molecule has 0 saturated heterocycles. The van der Waals surface area contributed by atoms with Crippen LogP contribution in [0.25, 0.3) is 0 Å². The van der Waals surface area contributed by atoms with E-state index >= 15 is 0 Å². The Morgan fingerprint density at radius 3 is 2.50 bits per heavy atom. The van der Waals surface area contributed by atoms with Crippen molar-refractivity contribution in [1.29, 1.82) is 0 Å². The molecule has 96 valence electrons. The number of nitrogens with one attached hydrogen (secondary N) is 3. The van der Waals surface area contributed by atoms with Crippen LogP contribution in [0.15, 0.2) is 28.0 Å². The van der Waals surface area contributed by atoms with Gasteiger partial charge in [-0.1, -0.05) is 0 Å². The number of aromatic amines is 2. The fraction of sp³-hybridized carbons (Fsp3) is 0.200. The third-order valence-electron chi connectivity index (χ3n) is 2.55. The van der Waals surface area contributed by atoms with Gasteiger partial charge in [0.05, 0.1) is 0 Å². The molecule has 0 aliphatic heterocycles. The van der Waals surface area contributed by atoms with E-state index in [1.165, 1.54) is 6.07 Å². The second-order valence-electron chi connectivity index (χ2n) is 3.82. The van der Waals surface area contributed by atoms with Crippen molar-refractivity contribution >= 4 is 15.8 Å². The number of H-pyrrole nitrogens is 2. The molecule has 2 aromatic heterocycles. The number of hydrogen-bond acceptors (Lipinski definition) is 4. The summed E-state index contributed by atoms with van der Waals surface area (Å²) in [6, 6.07) is 2.38. The van der Waals surface area contributed by atoms with Crippen LogP contribution in [0, 0.1) is 13.8 Å². The van der Waals surface area contributed by atoms with E-state index in [1.807, 2.05) is 0 Å². The van der Waals surface area contributed by atoms with Crippen LogP contribution in [-0.4, -0.2) is 23.6 Å². The van der Waals surface area contributed by atoms with Crippen LogP contribution < -0.4 is 10.3 Å². The molecule has 18 heavy (non-hydrogen) atoms. The first-order valence-corrected chi connectivity index (χ1v) is 6.61. The molecule has 0 bridgehead atoms. The van der Waals surface area contributed by atoms with Crippen molar-refractivity contribution in [2.24, 2.45) is 0 Å². The van der Waals surface area contributed by atoms with Crippen LogP contribution in [0.4, 0.5) is 5.82 Å². The number of nitrogens with zero attached hydrogens (tertiary/aromatic N) is 1. The summed E-state index contributed by atoms with van der Waals surface area (Å²) in [6.07, 6.45) is 1.14. The summed E-state index contributed by atoms with van der Waals surface area (Å²) in [7, 11) is -3.74. The average Bonchev–Trinajstić information content (AvgIpc) is 2.61. The topological polar surface area (TPSA) is 108 Å². The van der Waals surface area contributed by atoms with Crippen molar-refractivity contribution in [3.05, 3.63) is 39.9 Å². The highest BCUT2D eigenvalue weighted by molar-refractivity contribution is 7.92. The summed E-state index contributed by atoms with van der Waals surface area (Å²) in [5, 5.41) is 6.54. The lowest BCUT2D eigenvalue weighted by Gasteiger charge is -2.05. The molecule has 0 aliphatic rings. The normalized spacial score (nSPS) is 11.4. The molecule has 2 rings (SSSR count). The van der Waals surface area contributed by atoms with Crippen molar-refractivity contribution in [1.82, 2.24) is 15.2 Å². The maximum atomic E-state index is 12.0. The predicted molar refractivity (Wildman–Crippen MR) is 65.9 cm³/mol. The Hall–Kier alpha value is -2.09. The van der Waals surface area contributed by atoms with Gasteiger partial charge in [-0.05, 0) is 19.9 Å². The number of rotatable bonds is 3. The highest BCUT2D eigenvalue weighted by Gasteiger charge is 2.17. The standard InChI is InChI=1S/C10H12N4O3S/c1-6-7(2)12-13-10(6)14-18(16,17)8-3-4-9(15)11-5-8/h3-5H,1-2H3,(H,11,15)(H2,12,13,14). The lowest BCUT2D eigenvalue weighted by molar-refractivity contribution is 0.600. The Morgan fingerprint density at radius 2 is 2.00 bits per heavy atom. The van der Waals surface area contributed by atoms with Crippen LogP contribution in [0.1, 0.15) is 11.3 Å². The van der Waals surface area contributed by atoms with Crippen LogP contribution in [0.3, 0.4) is 0 Å². The van der Waals surface area contributed by atoms with E-state index in [1.54, 1.807) is 13.8 Å². The Morgan fingerprint density at radius 1 is 1.28 bits per heavy atom. The van der Waals surface area contributed by atoms with Crippen molar-refractivity contribution in [3.63, 3.8) is 0 Å². The lowest BCUT2D eigenvalue weighted by Crippen LogP contribution is -2.16. The molecule has 2 heterocycles. The molecule has 0 amide bonds. The lowest BCUT2D eigenvalue weighted by atomic mass is 10.3. The van der Waals surface area contributed by atoms with Gasteiger partial charge in [0.2, 0.25) is 5.56 Å². The van der Waals surface area contributed by atoms with Gasteiger partial charge in [-0.2, -0.15) is 5.10 Å². The van der Waals surface area contributed by atoms with E-state index in [4.69, 9.17) is 0 Å². The largest absolute Gasteiger partial charge is 0.328 e. The molecule has 0 saturated carbocycles. The third-order valence-corrected chi connectivity index (χ3v) is 3.89. The van der Waals surface area contributed by atoms with Gasteiger partial charge in [-0.3, -0.25) is 14.6 Å². The molecule has 0 fully saturated rings. The molecule has 3 N–H and O–H groups in total. The molecular weight excluding hydrogens is 256 g/mol. The first-order valence-electron chi connectivity index (χ1n) is 5.13. The van der Waals surface area contributed by atoms with Crippen molar-refractivity contribution < 1.29 is 8.42 Å². The number of hydrogen-bond donors (Lipinski definition) is 3. The van der Waals surface area contributed by atoms with Crippen molar-refractivity contribution in [3.8, 4) is 0 Å². The summed E-state index contributed by atoms with van der Waals surface area (Å²) >= 11 is 0. The van der Waals surface area contributed by atoms with Crippen LogP contribution in [0.5, 0.6) is 0 Å².